The van der Waals surface area contributed by atoms with E-state index in [1.165, 1.54) is 7.11 Å². The summed E-state index contributed by atoms with van der Waals surface area (Å²) in [7, 11) is 3.13. The second-order valence-corrected chi connectivity index (χ2v) is 10.6. The van der Waals surface area contributed by atoms with Crippen LogP contribution in [-0.2, 0) is 10.3 Å². The van der Waals surface area contributed by atoms with Crippen molar-refractivity contribution in [3.05, 3.63) is 87.7 Å². The van der Waals surface area contributed by atoms with Gasteiger partial charge in [0.2, 0.25) is 0 Å². The van der Waals surface area contributed by atoms with Crippen LogP contribution in [0.4, 0.5) is 11.4 Å². The maximum atomic E-state index is 14.3. The Bertz CT molecular complexity index is 1640. The van der Waals surface area contributed by atoms with E-state index in [1.54, 1.807) is 42.3 Å². The fourth-order valence-corrected chi connectivity index (χ4v) is 6.24. The van der Waals surface area contributed by atoms with Gasteiger partial charge in [0.15, 0.2) is 11.8 Å². The largest absolute Gasteiger partial charge is 0.496 e. The maximum absolute atomic E-state index is 14.3. The highest BCUT2D eigenvalue weighted by Gasteiger charge is 2.63. The van der Waals surface area contributed by atoms with E-state index in [4.69, 9.17) is 37.7 Å². The number of aliphatic hydroxyl groups is 1. The molecular formula is C29H26Cl2N4O4. The summed E-state index contributed by atoms with van der Waals surface area (Å²) >= 11 is 12.9. The van der Waals surface area contributed by atoms with Crippen LogP contribution in [0.3, 0.4) is 0 Å². The van der Waals surface area contributed by atoms with Crippen LogP contribution in [0.15, 0.2) is 60.7 Å². The van der Waals surface area contributed by atoms with E-state index in [0.717, 1.165) is 5.56 Å². The molecule has 3 heterocycles. The van der Waals surface area contributed by atoms with Crippen molar-refractivity contribution in [3.8, 4) is 22.9 Å². The number of anilines is 2. The quantitative estimate of drug-likeness (QED) is 0.301. The standard InChI is InChI=1S/C29H26Cl2N4O4/c1-15(2)34-25-24(33-26(34)18-7-5-6-8-22(18)38-3)27(36)35(17-10-12-23(39-4)20(31)14-17)29(25)19-11-9-16(30)13-21(19)32-28(29)37/h5-15,27,36H,1-4H3,(H,32,37). The van der Waals surface area contributed by atoms with E-state index in [0.29, 0.717) is 55.7 Å². The summed E-state index contributed by atoms with van der Waals surface area (Å²) in [6.07, 6.45) is -1.27. The van der Waals surface area contributed by atoms with Gasteiger partial charge >= 0.3 is 0 Å². The van der Waals surface area contributed by atoms with E-state index in [1.807, 2.05) is 48.7 Å². The molecule has 3 aromatic carbocycles. The number of carbonyl (C=O) groups excluding carboxylic acids is 1. The Hall–Kier alpha value is -3.72. The van der Waals surface area contributed by atoms with Crippen molar-refractivity contribution in [2.24, 2.45) is 0 Å². The Balaban J connectivity index is 1.71. The molecule has 0 aliphatic carbocycles. The molecule has 6 rings (SSSR count). The molecular weight excluding hydrogens is 539 g/mol. The molecule has 0 fully saturated rings. The smallest absolute Gasteiger partial charge is 0.261 e. The topological polar surface area (TPSA) is 88.9 Å². The van der Waals surface area contributed by atoms with Crippen molar-refractivity contribution in [1.29, 1.82) is 0 Å². The highest BCUT2D eigenvalue weighted by molar-refractivity contribution is 6.32. The molecule has 1 aromatic heterocycles. The van der Waals surface area contributed by atoms with Gasteiger partial charge < -0.3 is 29.4 Å². The Morgan fingerprint density at radius 3 is 2.46 bits per heavy atom. The van der Waals surface area contributed by atoms with Crippen LogP contribution in [0.2, 0.25) is 10.0 Å². The zero-order chi connectivity index (χ0) is 27.6. The van der Waals surface area contributed by atoms with Crippen molar-refractivity contribution in [2.75, 3.05) is 24.4 Å². The number of amides is 1. The molecule has 10 heteroatoms. The van der Waals surface area contributed by atoms with E-state index >= 15 is 0 Å². The normalized spacial score (nSPS) is 19.4. The van der Waals surface area contributed by atoms with Crippen LogP contribution >= 0.6 is 23.2 Å². The zero-order valence-corrected chi connectivity index (χ0v) is 23.2. The van der Waals surface area contributed by atoms with Crippen LogP contribution in [0.1, 0.15) is 43.1 Å². The molecule has 2 aliphatic heterocycles. The molecule has 0 bridgehead atoms. The number of hydrogen-bond donors (Lipinski definition) is 2. The van der Waals surface area contributed by atoms with E-state index in [9.17, 15) is 9.90 Å². The second kappa shape index (κ2) is 9.19. The van der Waals surface area contributed by atoms with Gasteiger partial charge in [-0.3, -0.25) is 4.79 Å². The third kappa shape index (κ3) is 3.48. The average molecular weight is 565 g/mol. The minimum atomic E-state index is -1.47. The number of benzene rings is 3. The first-order valence-electron chi connectivity index (χ1n) is 12.4. The van der Waals surface area contributed by atoms with Crippen molar-refractivity contribution >= 4 is 40.5 Å². The van der Waals surface area contributed by atoms with Gasteiger partial charge in [-0.25, -0.2) is 4.98 Å². The average Bonchev–Trinajstić information content (AvgIpc) is 3.52. The highest BCUT2D eigenvalue weighted by atomic mass is 35.5. The van der Waals surface area contributed by atoms with Crippen LogP contribution in [0, 0.1) is 0 Å². The number of aromatic nitrogens is 2. The Labute approximate surface area is 235 Å². The van der Waals surface area contributed by atoms with E-state index in [-0.39, 0.29) is 11.9 Å². The predicted molar refractivity (Wildman–Crippen MR) is 151 cm³/mol. The number of rotatable bonds is 5. The van der Waals surface area contributed by atoms with Crippen LogP contribution in [0.25, 0.3) is 11.4 Å². The van der Waals surface area contributed by atoms with Gasteiger partial charge in [-0.05, 0) is 56.3 Å². The number of nitrogens with one attached hydrogen (secondary N) is 1. The van der Waals surface area contributed by atoms with Gasteiger partial charge in [-0.15, -0.1) is 0 Å². The van der Waals surface area contributed by atoms with Crippen LogP contribution in [0.5, 0.6) is 11.5 Å². The number of ether oxygens (including phenoxy) is 2. The Morgan fingerprint density at radius 2 is 1.77 bits per heavy atom. The molecule has 1 spiro atoms. The summed E-state index contributed by atoms with van der Waals surface area (Å²) in [5.41, 5.74) is 1.95. The Morgan fingerprint density at radius 1 is 1.03 bits per heavy atom. The number of fused-ring (bicyclic) bond motifs is 4. The number of aliphatic hydroxyl groups excluding tert-OH is 1. The molecule has 1 amide bonds. The monoisotopic (exact) mass is 564 g/mol. The Kier molecular flexibility index (Phi) is 6.02. The first kappa shape index (κ1) is 25.6. The van der Waals surface area contributed by atoms with Crippen molar-refractivity contribution in [2.45, 2.75) is 31.7 Å². The number of halogens is 2. The molecule has 2 unspecified atom stereocenters. The number of nitrogens with zero attached hydrogens (tertiary/aromatic N) is 3. The van der Waals surface area contributed by atoms with Crippen LogP contribution in [-0.4, -0.2) is 34.8 Å². The molecule has 4 aromatic rings. The molecule has 2 aliphatic rings. The SMILES string of the molecule is COc1ccc(N2C(O)c3nc(-c4ccccc4OC)n(C(C)C)c3C23C(=O)Nc2cc(Cl)ccc23)cc1Cl. The van der Waals surface area contributed by atoms with Crippen molar-refractivity contribution < 1.29 is 19.4 Å². The number of para-hydroxylation sites is 1. The predicted octanol–water partition coefficient (Wildman–Crippen LogP) is 6.16. The lowest BCUT2D eigenvalue weighted by atomic mass is 9.87. The minimum absolute atomic E-state index is 0.131. The van der Waals surface area contributed by atoms with Gasteiger partial charge in [0.05, 0.1) is 30.5 Å². The minimum Gasteiger partial charge on any atom is -0.496 e. The molecule has 39 heavy (non-hydrogen) atoms. The summed E-state index contributed by atoms with van der Waals surface area (Å²) in [5, 5.41) is 15.8. The van der Waals surface area contributed by atoms with Crippen molar-refractivity contribution in [3.63, 3.8) is 0 Å². The number of carbonyl (C=O) groups is 1. The fourth-order valence-electron chi connectivity index (χ4n) is 5.82. The van der Waals surface area contributed by atoms with Gasteiger partial charge in [0.25, 0.3) is 5.91 Å². The first-order valence-corrected chi connectivity index (χ1v) is 13.2. The molecule has 8 nitrogen and oxygen atoms in total. The summed E-state index contributed by atoms with van der Waals surface area (Å²) in [6, 6.07) is 17.9. The number of methoxy groups -OCH3 is 2. The highest BCUT2D eigenvalue weighted by Crippen LogP contribution is 2.58. The number of imidazole rings is 1. The lowest BCUT2D eigenvalue weighted by molar-refractivity contribution is -0.120. The summed E-state index contributed by atoms with van der Waals surface area (Å²) in [6.45, 7) is 4.03. The number of hydrogen-bond acceptors (Lipinski definition) is 6. The third-order valence-electron chi connectivity index (χ3n) is 7.36. The maximum Gasteiger partial charge on any atom is 0.261 e. The van der Waals surface area contributed by atoms with E-state index < -0.39 is 11.8 Å². The summed E-state index contributed by atoms with van der Waals surface area (Å²) in [5.74, 6) is 1.37. The third-order valence-corrected chi connectivity index (χ3v) is 7.89. The van der Waals surface area contributed by atoms with Gasteiger partial charge in [-0.2, -0.15) is 0 Å². The van der Waals surface area contributed by atoms with Crippen LogP contribution < -0.4 is 19.7 Å². The summed E-state index contributed by atoms with van der Waals surface area (Å²) in [4.78, 5) is 20.9. The molecule has 2 N–H and O–H groups in total. The lowest BCUT2D eigenvalue weighted by Gasteiger charge is -2.38. The van der Waals surface area contributed by atoms with Gasteiger partial charge in [0, 0.05) is 28.0 Å². The summed E-state index contributed by atoms with van der Waals surface area (Å²) < 4.78 is 13.0. The first-order chi connectivity index (χ1) is 18.7. The lowest BCUT2D eigenvalue weighted by Crippen LogP contribution is -2.50. The van der Waals surface area contributed by atoms with E-state index in [2.05, 4.69) is 5.32 Å². The fraction of sp³-hybridized carbons (Fsp3) is 0.241. The molecule has 200 valence electrons. The molecule has 0 saturated heterocycles. The molecule has 0 saturated carbocycles. The van der Waals surface area contributed by atoms with Gasteiger partial charge in [0.1, 0.15) is 23.0 Å². The molecule has 2 atom stereocenters. The molecule has 0 radical (unpaired) electrons. The van der Waals surface area contributed by atoms with Crippen molar-refractivity contribution in [1.82, 2.24) is 9.55 Å². The van der Waals surface area contributed by atoms with Gasteiger partial charge in [-0.1, -0.05) is 41.4 Å². The second-order valence-electron chi connectivity index (χ2n) is 9.75. The zero-order valence-electron chi connectivity index (χ0n) is 21.7.